The third-order valence-electron chi connectivity index (χ3n) is 3.52. The largest absolute Gasteiger partial charge is 0.396 e. The highest BCUT2D eigenvalue weighted by molar-refractivity contribution is 4.81. The van der Waals surface area contributed by atoms with Crippen LogP contribution in [-0.2, 0) is 4.74 Å². The molecule has 0 amide bonds. The van der Waals surface area contributed by atoms with Gasteiger partial charge in [-0.05, 0) is 24.7 Å². The van der Waals surface area contributed by atoms with Gasteiger partial charge < -0.3 is 20.3 Å². The minimum absolute atomic E-state index is 0.248. The van der Waals surface area contributed by atoms with Crippen molar-refractivity contribution in [2.24, 2.45) is 11.8 Å². The van der Waals surface area contributed by atoms with Crippen molar-refractivity contribution in [3.63, 3.8) is 0 Å². The third kappa shape index (κ3) is 6.14. The molecule has 3 unspecified atom stereocenters. The van der Waals surface area contributed by atoms with Gasteiger partial charge in [-0.3, -0.25) is 0 Å². The molecular weight excluding hydrogens is 230 g/mol. The van der Waals surface area contributed by atoms with E-state index in [-0.39, 0.29) is 6.61 Å². The average molecular weight is 259 g/mol. The SMILES string of the molecule is CC(C)COCC(O)CNC1CCCCC1CO. The van der Waals surface area contributed by atoms with Crippen LogP contribution in [0.15, 0.2) is 0 Å². The zero-order valence-electron chi connectivity index (χ0n) is 11.8. The highest BCUT2D eigenvalue weighted by Gasteiger charge is 2.24. The first-order valence-corrected chi connectivity index (χ1v) is 7.23. The van der Waals surface area contributed by atoms with Crippen molar-refractivity contribution in [1.82, 2.24) is 5.32 Å². The van der Waals surface area contributed by atoms with Gasteiger partial charge in [-0.25, -0.2) is 0 Å². The van der Waals surface area contributed by atoms with Crippen LogP contribution in [0.3, 0.4) is 0 Å². The summed E-state index contributed by atoms with van der Waals surface area (Å²) in [6, 6.07) is 0.350. The van der Waals surface area contributed by atoms with E-state index in [2.05, 4.69) is 19.2 Å². The third-order valence-corrected chi connectivity index (χ3v) is 3.52. The van der Waals surface area contributed by atoms with Crippen LogP contribution in [0.1, 0.15) is 39.5 Å². The predicted octanol–water partition coefficient (Wildman–Crippen LogP) is 1.16. The lowest BCUT2D eigenvalue weighted by molar-refractivity contribution is 0.0222. The van der Waals surface area contributed by atoms with Crippen molar-refractivity contribution in [3.8, 4) is 0 Å². The predicted molar refractivity (Wildman–Crippen MR) is 72.5 cm³/mol. The lowest BCUT2D eigenvalue weighted by Gasteiger charge is -2.31. The van der Waals surface area contributed by atoms with Crippen LogP contribution in [-0.4, -0.2) is 48.7 Å². The molecule has 0 heterocycles. The number of hydrogen-bond donors (Lipinski definition) is 3. The van der Waals surface area contributed by atoms with Gasteiger partial charge in [0.1, 0.15) is 0 Å². The Bertz CT molecular complexity index is 211. The molecule has 3 N–H and O–H groups in total. The molecule has 0 bridgehead atoms. The summed E-state index contributed by atoms with van der Waals surface area (Å²) in [4.78, 5) is 0. The Morgan fingerprint density at radius 1 is 1.22 bits per heavy atom. The molecule has 18 heavy (non-hydrogen) atoms. The minimum atomic E-state index is -0.454. The molecule has 0 aromatic heterocycles. The summed E-state index contributed by atoms with van der Waals surface area (Å²) in [5.41, 5.74) is 0. The summed E-state index contributed by atoms with van der Waals surface area (Å²) in [7, 11) is 0. The van der Waals surface area contributed by atoms with Crippen molar-refractivity contribution >= 4 is 0 Å². The Labute approximate surface area is 111 Å². The van der Waals surface area contributed by atoms with Crippen LogP contribution in [0.25, 0.3) is 0 Å². The van der Waals surface area contributed by atoms with Gasteiger partial charge in [-0.1, -0.05) is 26.7 Å². The maximum Gasteiger partial charge on any atom is 0.0897 e. The molecule has 1 saturated carbocycles. The van der Waals surface area contributed by atoms with Crippen molar-refractivity contribution in [3.05, 3.63) is 0 Å². The molecule has 3 atom stereocenters. The van der Waals surface area contributed by atoms with Crippen LogP contribution in [0, 0.1) is 11.8 Å². The molecule has 0 spiro atoms. The Balaban J connectivity index is 2.14. The van der Waals surface area contributed by atoms with Gasteiger partial charge in [-0.2, -0.15) is 0 Å². The summed E-state index contributed by atoms with van der Waals surface area (Å²) in [5.74, 6) is 0.852. The Morgan fingerprint density at radius 3 is 2.61 bits per heavy atom. The first-order chi connectivity index (χ1) is 8.63. The van der Waals surface area contributed by atoms with Crippen molar-refractivity contribution in [2.45, 2.75) is 51.7 Å². The van der Waals surface area contributed by atoms with Crippen molar-refractivity contribution in [2.75, 3.05) is 26.4 Å². The molecule has 1 aliphatic carbocycles. The summed E-state index contributed by atoms with van der Waals surface area (Å²) >= 11 is 0. The molecule has 4 nitrogen and oxygen atoms in total. The van der Waals surface area contributed by atoms with Crippen LogP contribution < -0.4 is 5.32 Å². The molecule has 4 heteroatoms. The maximum absolute atomic E-state index is 9.80. The first-order valence-electron chi connectivity index (χ1n) is 7.23. The number of rotatable bonds is 8. The summed E-state index contributed by atoms with van der Waals surface area (Å²) in [6.07, 6.45) is 4.17. The van der Waals surface area contributed by atoms with Gasteiger partial charge in [0.15, 0.2) is 0 Å². The Morgan fingerprint density at radius 2 is 1.94 bits per heavy atom. The van der Waals surface area contributed by atoms with Crippen LogP contribution in [0.5, 0.6) is 0 Å². The lowest BCUT2D eigenvalue weighted by atomic mass is 9.85. The van der Waals surface area contributed by atoms with E-state index in [1.165, 1.54) is 12.8 Å². The molecule has 108 valence electrons. The van der Waals surface area contributed by atoms with Gasteiger partial charge in [0.05, 0.1) is 12.7 Å². The van der Waals surface area contributed by atoms with Crippen LogP contribution in [0.4, 0.5) is 0 Å². The van der Waals surface area contributed by atoms with Crippen molar-refractivity contribution in [1.29, 1.82) is 0 Å². The second kappa shape index (κ2) is 8.86. The van der Waals surface area contributed by atoms with E-state index >= 15 is 0 Å². The number of aliphatic hydroxyl groups is 2. The zero-order valence-corrected chi connectivity index (χ0v) is 11.8. The highest BCUT2D eigenvalue weighted by Crippen LogP contribution is 2.23. The smallest absolute Gasteiger partial charge is 0.0897 e. The molecular formula is C14H29NO3. The van der Waals surface area contributed by atoms with E-state index in [0.717, 1.165) is 12.8 Å². The topological polar surface area (TPSA) is 61.7 Å². The summed E-state index contributed by atoms with van der Waals surface area (Å²) in [6.45, 7) is 6.08. The van der Waals surface area contributed by atoms with E-state index in [9.17, 15) is 10.2 Å². The van der Waals surface area contributed by atoms with E-state index in [0.29, 0.717) is 37.6 Å². The fourth-order valence-corrected chi connectivity index (χ4v) is 2.48. The molecule has 1 aliphatic rings. The maximum atomic E-state index is 9.80. The van der Waals surface area contributed by atoms with E-state index in [1.807, 2.05) is 0 Å². The standard InChI is InChI=1S/C14H29NO3/c1-11(2)9-18-10-13(17)7-15-14-6-4-3-5-12(14)8-16/h11-17H,3-10H2,1-2H3. The lowest BCUT2D eigenvalue weighted by Crippen LogP contribution is -2.44. The average Bonchev–Trinajstić information content (AvgIpc) is 2.36. The molecule has 0 aromatic rings. The second-order valence-corrected chi connectivity index (χ2v) is 5.83. The molecule has 1 rings (SSSR count). The molecule has 0 saturated heterocycles. The van der Waals surface area contributed by atoms with Crippen LogP contribution in [0.2, 0.25) is 0 Å². The monoisotopic (exact) mass is 259 g/mol. The number of hydrogen-bond acceptors (Lipinski definition) is 4. The van der Waals surface area contributed by atoms with E-state index in [4.69, 9.17) is 4.74 Å². The van der Waals surface area contributed by atoms with Crippen molar-refractivity contribution < 1.29 is 14.9 Å². The Hall–Kier alpha value is -0.160. The highest BCUT2D eigenvalue weighted by atomic mass is 16.5. The van der Waals surface area contributed by atoms with Gasteiger partial charge in [0, 0.05) is 25.8 Å². The quantitative estimate of drug-likeness (QED) is 0.612. The summed E-state index contributed by atoms with van der Waals surface area (Å²) < 4.78 is 5.41. The number of nitrogens with one attached hydrogen (secondary N) is 1. The van der Waals surface area contributed by atoms with Gasteiger partial charge in [0.2, 0.25) is 0 Å². The van der Waals surface area contributed by atoms with Gasteiger partial charge >= 0.3 is 0 Å². The fraction of sp³-hybridized carbons (Fsp3) is 1.00. The van der Waals surface area contributed by atoms with E-state index < -0.39 is 6.10 Å². The number of ether oxygens (including phenoxy) is 1. The minimum Gasteiger partial charge on any atom is -0.396 e. The molecule has 0 aromatic carbocycles. The zero-order chi connectivity index (χ0) is 13.4. The van der Waals surface area contributed by atoms with Gasteiger partial charge in [-0.15, -0.1) is 0 Å². The second-order valence-electron chi connectivity index (χ2n) is 5.83. The first kappa shape index (κ1) is 15.9. The molecule has 0 radical (unpaired) electrons. The Kier molecular flexibility index (Phi) is 7.82. The summed E-state index contributed by atoms with van der Waals surface area (Å²) in [5, 5.41) is 22.5. The van der Waals surface area contributed by atoms with Crippen LogP contribution >= 0.6 is 0 Å². The molecule has 0 aliphatic heterocycles. The fourth-order valence-electron chi connectivity index (χ4n) is 2.48. The van der Waals surface area contributed by atoms with Gasteiger partial charge in [0.25, 0.3) is 0 Å². The normalized spacial score (nSPS) is 26.5. The van der Waals surface area contributed by atoms with E-state index in [1.54, 1.807) is 0 Å². The number of aliphatic hydroxyl groups excluding tert-OH is 2. The molecule has 1 fully saturated rings.